The summed E-state index contributed by atoms with van der Waals surface area (Å²) in [6, 6.07) is 0. The van der Waals surface area contributed by atoms with Gasteiger partial charge < -0.3 is 10.2 Å². The van der Waals surface area contributed by atoms with Crippen LogP contribution in [0.1, 0.15) is 51.9 Å². The van der Waals surface area contributed by atoms with Crippen LogP contribution in [-0.2, 0) is 0 Å². The summed E-state index contributed by atoms with van der Waals surface area (Å²) < 4.78 is -1.63. The average molecular weight is 306 g/mol. The average Bonchev–Trinajstić information content (AvgIpc) is 2.27. The van der Waals surface area contributed by atoms with Crippen molar-refractivity contribution in [1.29, 1.82) is 0 Å². The molecule has 0 bridgehead atoms. The number of aliphatic hydroxyl groups excluding tert-OH is 2. The smallest absolute Gasteiger partial charge is 0.200 e. The number of rotatable bonds is 9. The van der Waals surface area contributed by atoms with Crippen molar-refractivity contribution < 1.29 is 10.2 Å². The Labute approximate surface area is 119 Å². The SMILES string of the molecule is CCCCCCCCC(CO)(CO)C(Cl)(Cl)Cl. The molecular weight excluding hydrogens is 282 g/mol. The highest BCUT2D eigenvalue weighted by Gasteiger charge is 2.47. The zero-order valence-electron chi connectivity index (χ0n) is 10.4. The van der Waals surface area contributed by atoms with Gasteiger partial charge in [0.1, 0.15) is 0 Å². The van der Waals surface area contributed by atoms with E-state index in [1.165, 1.54) is 19.3 Å². The molecular formula is C12H23Cl3O2. The van der Waals surface area contributed by atoms with Crippen molar-refractivity contribution in [3.63, 3.8) is 0 Å². The van der Waals surface area contributed by atoms with Crippen LogP contribution in [-0.4, -0.2) is 27.2 Å². The Morgan fingerprint density at radius 3 is 1.71 bits per heavy atom. The molecule has 5 heteroatoms. The Kier molecular flexibility index (Phi) is 9.23. The van der Waals surface area contributed by atoms with Gasteiger partial charge >= 0.3 is 0 Å². The van der Waals surface area contributed by atoms with E-state index in [0.717, 1.165) is 19.3 Å². The fourth-order valence-corrected chi connectivity index (χ4v) is 2.41. The molecule has 0 aromatic carbocycles. The van der Waals surface area contributed by atoms with Crippen molar-refractivity contribution in [2.75, 3.05) is 13.2 Å². The summed E-state index contributed by atoms with van der Waals surface area (Å²) in [5, 5.41) is 18.7. The Balaban J connectivity index is 4.02. The molecule has 17 heavy (non-hydrogen) atoms. The molecule has 0 saturated heterocycles. The topological polar surface area (TPSA) is 40.5 Å². The molecule has 2 nitrogen and oxygen atoms in total. The lowest BCUT2D eigenvalue weighted by atomic mass is 9.85. The first-order valence-electron chi connectivity index (χ1n) is 6.22. The van der Waals surface area contributed by atoms with Gasteiger partial charge in [-0.05, 0) is 6.42 Å². The number of halogens is 3. The van der Waals surface area contributed by atoms with E-state index in [1.807, 2.05) is 0 Å². The molecule has 0 unspecified atom stereocenters. The van der Waals surface area contributed by atoms with Crippen LogP contribution in [0.15, 0.2) is 0 Å². The minimum atomic E-state index is -1.63. The van der Waals surface area contributed by atoms with Gasteiger partial charge in [0.25, 0.3) is 0 Å². The first-order chi connectivity index (χ1) is 7.93. The second-order valence-corrected chi connectivity index (χ2v) is 6.89. The largest absolute Gasteiger partial charge is 0.396 e. The molecule has 0 spiro atoms. The minimum Gasteiger partial charge on any atom is -0.396 e. The lowest BCUT2D eigenvalue weighted by Crippen LogP contribution is -2.42. The maximum atomic E-state index is 9.34. The zero-order valence-corrected chi connectivity index (χ0v) is 12.7. The van der Waals surface area contributed by atoms with Gasteiger partial charge in [-0.1, -0.05) is 80.3 Å². The van der Waals surface area contributed by atoms with Gasteiger partial charge in [0.2, 0.25) is 3.79 Å². The predicted octanol–water partition coefficient (Wildman–Crippen LogP) is 4.08. The zero-order chi connectivity index (χ0) is 13.4. The van der Waals surface area contributed by atoms with E-state index in [-0.39, 0.29) is 13.2 Å². The monoisotopic (exact) mass is 304 g/mol. The van der Waals surface area contributed by atoms with Crippen LogP contribution in [0.25, 0.3) is 0 Å². The molecule has 0 atom stereocenters. The lowest BCUT2D eigenvalue weighted by Gasteiger charge is -2.36. The highest BCUT2D eigenvalue weighted by molar-refractivity contribution is 6.68. The van der Waals surface area contributed by atoms with Crippen molar-refractivity contribution in [2.24, 2.45) is 5.41 Å². The molecule has 0 radical (unpaired) electrons. The Hall–Kier alpha value is 0.790. The molecule has 0 aromatic heterocycles. The van der Waals surface area contributed by atoms with Crippen molar-refractivity contribution in [1.82, 2.24) is 0 Å². The van der Waals surface area contributed by atoms with Gasteiger partial charge in [-0.25, -0.2) is 0 Å². The number of unbranched alkanes of at least 4 members (excludes halogenated alkanes) is 5. The molecule has 0 heterocycles. The minimum absolute atomic E-state index is 0.311. The lowest BCUT2D eigenvalue weighted by molar-refractivity contribution is 0.0479. The Bertz CT molecular complexity index is 189. The second-order valence-electron chi connectivity index (χ2n) is 4.61. The van der Waals surface area contributed by atoms with E-state index in [4.69, 9.17) is 34.8 Å². The summed E-state index contributed by atoms with van der Waals surface area (Å²) >= 11 is 17.5. The van der Waals surface area contributed by atoms with Gasteiger partial charge in [0.05, 0.1) is 18.6 Å². The molecule has 2 N–H and O–H groups in total. The van der Waals surface area contributed by atoms with E-state index < -0.39 is 9.21 Å². The predicted molar refractivity (Wildman–Crippen MR) is 74.9 cm³/mol. The summed E-state index contributed by atoms with van der Waals surface area (Å²) in [5.74, 6) is 0. The van der Waals surface area contributed by atoms with Crippen LogP contribution in [0.5, 0.6) is 0 Å². The normalized spacial score (nSPS) is 13.1. The van der Waals surface area contributed by atoms with Gasteiger partial charge in [-0.3, -0.25) is 0 Å². The number of hydrogen-bond donors (Lipinski definition) is 2. The molecule has 0 aliphatic heterocycles. The summed E-state index contributed by atoms with van der Waals surface area (Å²) in [4.78, 5) is 0. The second kappa shape index (κ2) is 8.82. The van der Waals surface area contributed by atoms with Crippen molar-refractivity contribution in [3.05, 3.63) is 0 Å². The number of hydrogen-bond acceptors (Lipinski definition) is 2. The molecule has 104 valence electrons. The fourth-order valence-electron chi connectivity index (χ4n) is 1.77. The highest BCUT2D eigenvalue weighted by atomic mass is 35.6. The van der Waals surface area contributed by atoms with Crippen molar-refractivity contribution in [2.45, 2.75) is 55.7 Å². The Morgan fingerprint density at radius 1 is 0.824 bits per heavy atom. The van der Waals surface area contributed by atoms with E-state index >= 15 is 0 Å². The molecule has 0 fully saturated rings. The van der Waals surface area contributed by atoms with Crippen LogP contribution in [0.2, 0.25) is 0 Å². The van der Waals surface area contributed by atoms with Gasteiger partial charge in [0, 0.05) is 0 Å². The fraction of sp³-hybridized carbons (Fsp3) is 1.00. The molecule has 0 aromatic rings. The molecule has 0 amide bonds. The highest BCUT2D eigenvalue weighted by Crippen LogP contribution is 2.47. The van der Waals surface area contributed by atoms with Crippen LogP contribution < -0.4 is 0 Å². The summed E-state index contributed by atoms with van der Waals surface area (Å²) in [7, 11) is 0. The quantitative estimate of drug-likeness (QED) is 0.498. The molecule has 0 aliphatic rings. The van der Waals surface area contributed by atoms with Crippen LogP contribution in [0, 0.1) is 5.41 Å². The molecule has 0 saturated carbocycles. The third kappa shape index (κ3) is 5.98. The van der Waals surface area contributed by atoms with Crippen LogP contribution in [0.3, 0.4) is 0 Å². The van der Waals surface area contributed by atoms with Crippen molar-refractivity contribution in [3.8, 4) is 0 Å². The third-order valence-corrected chi connectivity index (χ3v) is 4.42. The van der Waals surface area contributed by atoms with E-state index in [2.05, 4.69) is 6.92 Å². The van der Waals surface area contributed by atoms with Crippen molar-refractivity contribution >= 4 is 34.8 Å². The standard InChI is InChI=1S/C12H23Cl3O2/c1-2-3-4-5-6-7-8-11(9-16,10-17)12(13,14)15/h16-17H,2-10H2,1H3. The number of alkyl halides is 3. The van der Waals surface area contributed by atoms with Gasteiger partial charge in [-0.15, -0.1) is 0 Å². The maximum Gasteiger partial charge on any atom is 0.200 e. The summed E-state index contributed by atoms with van der Waals surface area (Å²) in [6.45, 7) is 1.55. The van der Waals surface area contributed by atoms with E-state index in [9.17, 15) is 10.2 Å². The van der Waals surface area contributed by atoms with E-state index in [1.54, 1.807) is 0 Å². The maximum absolute atomic E-state index is 9.34. The third-order valence-electron chi connectivity index (χ3n) is 3.22. The van der Waals surface area contributed by atoms with Gasteiger partial charge in [0.15, 0.2) is 0 Å². The van der Waals surface area contributed by atoms with Gasteiger partial charge in [-0.2, -0.15) is 0 Å². The Morgan fingerprint density at radius 2 is 1.29 bits per heavy atom. The molecule has 0 aliphatic carbocycles. The summed E-state index contributed by atoms with van der Waals surface area (Å²) in [6.07, 6.45) is 7.26. The number of aliphatic hydroxyl groups is 2. The molecule has 0 rings (SSSR count). The van der Waals surface area contributed by atoms with E-state index in [0.29, 0.717) is 6.42 Å². The van der Waals surface area contributed by atoms with Crippen LogP contribution >= 0.6 is 34.8 Å². The van der Waals surface area contributed by atoms with Crippen LogP contribution in [0.4, 0.5) is 0 Å². The first kappa shape index (κ1) is 17.8. The first-order valence-corrected chi connectivity index (χ1v) is 7.35. The summed E-state index contributed by atoms with van der Waals surface area (Å²) in [5.41, 5.74) is -1.03.